The lowest BCUT2D eigenvalue weighted by atomic mass is 10.2. The van der Waals surface area contributed by atoms with Crippen LogP contribution in [0.15, 0.2) is 29.3 Å². The molecule has 5 heteroatoms. The molecular weight excluding hydrogens is 206 g/mol. The van der Waals surface area contributed by atoms with Gasteiger partial charge >= 0.3 is 0 Å². The normalized spacial score (nSPS) is 9.81. The van der Waals surface area contributed by atoms with E-state index in [1.54, 1.807) is 7.11 Å². The van der Waals surface area contributed by atoms with E-state index < -0.39 is 0 Å². The van der Waals surface area contributed by atoms with E-state index >= 15 is 0 Å². The van der Waals surface area contributed by atoms with E-state index in [1.165, 1.54) is 0 Å². The van der Waals surface area contributed by atoms with Gasteiger partial charge in [0.2, 0.25) is 0 Å². The van der Waals surface area contributed by atoms with Crippen LogP contribution in [-0.4, -0.2) is 26.3 Å². The Hall–Kier alpha value is -1.75. The van der Waals surface area contributed by atoms with Crippen LogP contribution in [0.5, 0.6) is 5.75 Å². The zero-order valence-electron chi connectivity index (χ0n) is 9.35. The van der Waals surface area contributed by atoms with Gasteiger partial charge in [-0.15, -0.1) is 0 Å². The van der Waals surface area contributed by atoms with Crippen molar-refractivity contribution in [1.82, 2.24) is 0 Å². The van der Waals surface area contributed by atoms with Crippen LogP contribution in [0.4, 0.5) is 0 Å². The van der Waals surface area contributed by atoms with Crippen molar-refractivity contribution >= 4 is 5.96 Å². The Kier molecular flexibility index (Phi) is 5.15. The molecule has 0 bridgehead atoms. The van der Waals surface area contributed by atoms with Gasteiger partial charge < -0.3 is 20.9 Å². The van der Waals surface area contributed by atoms with Crippen molar-refractivity contribution in [2.75, 3.05) is 20.3 Å². The lowest BCUT2D eigenvalue weighted by molar-refractivity contribution is 0.146. The molecule has 0 aliphatic rings. The number of methoxy groups -OCH3 is 1. The summed E-state index contributed by atoms with van der Waals surface area (Å²) in [6.45, 7) is 1.48. The molecule has 0 aliphatic carbocycles. The molecule has 5 nitrogen and oxygen atoms in total. The number of rotatable bonds is 6. The molecule has 88 valence electrons. The van der Waals surface area contributed by atoms with Gasteiger partial charge in [-0.25, -0.2) is 4.99 Å². The highest BCUT2D eigenvalue weighted by Gasteiger charge is 2.01. The first-order chi connectivity index (χ1) is 7.74. The van der Waals surface area contributed by atoms with E-state index in [2.05, 4.69) is 4.99 Å². The van der Waals surface area contributed by atoms with Gasteiger partial charge in [0, 0.05) is 12.7 Å². The number of aliphatic imine (C=N–C) groups is 1. The van der Waals surface area contributed by atoms with Gasteiger partial charge in [-0.3, -0.25) is 0 Å². The van der Waals surface area contributed by atoms with E-state index in [0.717, 1.165) is 11.3 Å². The molecule has 4 N–H and O–H groups in total. The number of hydrogen-bond donors (Lipinski definition) is 2. The van der Waals surface area contributed by atoms with Crippen molar-refractivity contribution < 1.29 is 9.47 Å². The van der Waals surface area contributed by atoms with Crippen molar-refractivity contribution in [2.24, 2.45) is 16.5 Å². The van der Waals surface area contributed by atoms with Crippen molar-refractivity contribution in [3.8, 4) is 5.75 Å². The Balaban J connectivity index is 2.64. The van der Waals surface area contributed by atoms with Crippen molar-refractivity contribution in [1.29, 1.82) is 0 Å². The second-order valence-corrected chi connectivity index (χ2v) is 3.19. The number of para-hydroxylation sites is 1. The van der Waals surface area contributed by atoms with Crippen LogP contribution in [0.3, 0.4) is 0 Å². The largest absolute Gasteiger partial charge is 0.491 e. The summed E-state index contributed by atoms with van der Waals surface area (Å²) in [5, 5.41) is 0. The first-order valence-corrected chi connectivity index (χ1v) is 4.99. The standard InChI is InChI=1S/C11H17N3O2/c1-15-6-7-16-10-5-3-2-4-9(10)8-14-11(12)13/h2-5H,6-8H2,1H3,(H4,12,13,14). The summed E-state index contributed by atoms with van der Waals surface area (Å²) in [6, 6.07) is 7.63. The average molecular weight is 223 g/mol. The van der Waals surface area contributed by atoms with Crippen LogP contribution in [0, 0.1) is 0 Å². The minimum atomic E-state index is 0.0756. The zero-order chi connectivity index (χ0) is 11.8. The summed E-state index contributed by atoms with van der Waals surface area (Å²) in [5.74, 6) is 0.858. The van der Waals surface area contributed by atoms with Crippen molar-refractivity contribution in [3.05, 3.63) is 29.8 Å². The molecule has 0 saturated heterocycles. The molecule has 0 saturated carbocycles. The first kappa shape index (κ1) is 12.3. The third kappa shape index (κ3) is 4.18. The summed E-state index contributed by atoms with van der Waals surface area (Å²) in [6.07, 6.45) is 0. The second-order valence-electron chi connectivity index (χ2n) is 3.19. The molecular formula is C11H17N3O2. The highest BCUT2D eigenvalue weighted by Crippen LogP contribution is 2.18. The van der Waals surface area contributed by atoms with Gasteiger partial charge in [0.05, 0.1) is 13.2 Å². The summed E-state index contributed by atoms with van der Waals surface area (Å²) in [7, 11) is 1.63. The minimum Gasteiger partial charge on any atom is -0.491 e. The van der Waals surface area contributed by atoms with Crippen LogP contribution in [0.2, 0.25) is 0 Å². The lowest BCUT2D eigenvalue weighted by Gasteiger charge is -2.09. The third-order valence-corrected chi connectivity index (χ3v) is 1.95. The number of nitrogens with two attached hydrogens (primary N) is 2. The van der Waals surface area contributed by atoms with Crippen LogP contribution < -0.4 is 16.2 Å². The Bertz CT molecular complexity index is 349. The number of nitrogens with zero attached hydrogens (tertiary/aromatic N) is 1. The highest BCUT2D eigenvalue weighted by molar-refractivity contribution is 5.75. The molecule has 0 amide bonds. The van der Waals surface area contributed by atoms with Gasteiger partial charge in [-0.2, -0.15) is 0 Å². The van der Waals surface area contributed by atoms with E-state index in [4.69, 9.17) is 20.9 Å². The summed E-state index contributed by atoms with van der Waals surface area (Å²) in [4.78, 5) is 3.94. The average Bonchev–Trinajstić information content (AvgIpc) is 2.28. The van der Waals surface area contributed by atoms with E-state index in [0.29, 0.717) is 19.8 Å². The third-order valence-electron chi connectivity index (χ3n) is 1.95. The maximum absolute atomic E-state index is 5.53. The van der Waals surface area contributed by atoms with Gasteiger partial charge in [0.15, 0.2) is 5.96 Å². The molecule has 0 atom stereocenters. The fraction of sp³-hybridized carbons (Fsp3) is 0.364. The van der Waals surface area contributed by atoms with Crippen molar-refractivity contribution in [3.63, 3.8) is 0 Å². The highest BCUT2D eigenvalue weighted by atomic mass is 16.5. The molecule has 0 fully saturated rings. The minimum absolute atomic E-state index is 0.0756. The lowest BCUT2D eigenvalue weighted by Crippen LogP contribution is -2.22. The van der Waals surface area contributed by atoms with Gasteiger partial charge in [0.1, 0.15) is 12.4 Å². The summed E-state index contributed by atoms with van der Waals surface area (Å²) < 4.78 is 10.4. The monoisotopic (exact) mass is 223 g/mol. The Labute approximate surface area is 95.1 Å². The fourth-order valence-electron chi connectivity index (χ4n) is 1.19. The SMILES string of the molecule is COCCOc1ccccc1CN=C(N)N. The molecule has 0 spiro atoms. The smallest absolute Gasteiger partial charge is 0.186 e. The Morgan fingerprint density at radius 1 is 1.25 bits per heavy atom. The van der Waals surface area contributed by atoms with Crippen LogP contribution in [-0.2, 0) is 11.3 Å². The number of benzene rings is 1. The molecule has 0 aromatic heterocycles. The number of guanidine groups is 1. The molecule has 0 radical (unpaired) electrons. The van der Waals surface area contributed by atoms with E-state index in [-0.39, 0.29) is 5.96 Å². The molecule has 0 heterocycles. The van der Waals surface area contributed by atoms with Crippen LogP contribution in [0.1, 0.15) is 5.56 Å². The van der Waals surface area contributed by atoms with Crippen molar-refractivity contribution in [2.45, 2.75) is 6.54 Å². The summed E-state index contributed by atoms with van der Waals surface area (Å²) in [5.41, 5.74) is 11.5. The molecule has 1 rings (SSSR count). The quantitative estimate of drug-likeness (QED) is 0.417. The fourth-order valence-corrected chi connectivity index (χ4v) is 1.19. The first-order valence-electron chi connectivity index (χ1n) is 4.99. The molecule has 16 heavy (non-hydrogen) atoms. The maximum Gasteiger partial charge on any atom is 0.186 e. The Morgan fingerprint density at radius 2 is 2.00 bits per heavy atom. The molecule has 1 aromatic rings. The topological polar surface area (TPSA) is 82.9 Å². The molecule has 1 aromatic carbocycles. The van der Waals surface area contributed by atoms with Crippen LogP contribution >= 0.6 is 0 Å². The predicted octanol–water partition coefficient (Wildman–Crippen LogP) is 0.485. The molecule has 0 aliphatic heterocycles. The van der Waals surface area contributed by atoms with Gasteiger partial charge in [-0.05, 0) is 6.07 Å². The van der Waals surface area contributed by atoms with Crippen LogP contribution in [0.25, 0.3) is 0 Å². The predicted molar refractivity (Wildman–Crippen MR) is 63.3 cm³/mol. The van der Waals surface area contributed by atoms with Gasteiger partial charge in [0.25, 0.3) is 0 Å². The Morgan fingerprint density at radius 3 is 2.69 bits per heavy atom. The number of ether oxygens (including phenoxy) is 2. The van der Waals surface area contributed by atoms with E-state index in [1.807, 2.05) is 24.3 Å². The second kappa shape index (κ2) is 6.68. The van der Waals surface area contributed by atoms with E-state index in [9.17, 15) is 0 Å². The van der Waals surface area contributed by atoms with Gasteiger partial charge in [-0.1, -0.05) is 18.2 Å². The zero-order valence-corrected chi connectivity index (χ0v) is 9.35. The summed E-state index contributed by atoms with van der Waals surface area (Å²) >= 11 is 0. The number of hydrogen-bond acceptors (Lipinski definition) is 3. The maximum atomic E-state index is 5.53. The molecule has 0 unspecified atom stereocenters.